The van der Waals surface area contributed by atoms with Crippen LogP contribution in [0, 0.1) is 11.6 Å². The summed E-state index contributed by atoms with van der Waals surface area (Å²) in [6.45, 7) is 0. The summed E-state index contributed by atoms with van der Waals surface area (Å²) in [6.07, 6.45) is -0.178. The second-order valence-corrected chi connectivity index (χ2v) is 5.82. The molecule has 27 heavy (non-hydrogen) atoms. The Hall–Kier alpha value is -3.41. The van der Waals surface area contributed by atoms with Crippen LogP contribution in [0.4, 0.5) is 8.78 Å². The molecule has 0 saturated heterocycles. The van der Waals surface area contributed by atoms with Crippen LogP contribution in [0.5, 0.6) is 17.2 Å². The zero-order chi connectivity index (χ0) is 19.4. The molecular weight excluding hydrogens is 354 g/mol. The molecule has 0 saturated carbocycles. The second kappa shape index (κ2) is 7.86. The minimum Gasteiger partial charge on any atom is -0.497 e. The van der Waals surface area contributed by atoms with Gasteiger partial charge in [-0.15, -0.1) is 0 Å². The van der Waals surface area contributed by atoms with E-state index >= 15 is 0 Å². The molecule has 0 aliphatic carbocycles. The highest BCUT2D eigenvalue weighted by molar-refractivity contribution is 5.71. The molecule has 0 heterocycles. The number of halogens is 2. The molecule has 3 aromatic rings. The third kappa shape index (κ3) is 4.41. The Morgan fingerprint density at radius 1 is 0.963 bits per heavy atom. The molecule has 3 rings (SSSR count). The molecule has 0 spiro atoms. The number of carbonyl (C=O) groups is 1. The lowest BCUT2D eigenvalue weighted by atomic mass is 10.0. The molecule has 0 aromatic heterocycles. The standard InChI is InChI=1S/C21H16F2O4/c1-26-16-8-13(10-20(24)25)9-17(12-16)27-15-5-2-4-14(11-15)18-6-3-7-19(22)21(18)23/h2-9,11-12H,10H2,1H3,(H,24,25). The number of carboxylic acid groups (broad SMARTS) is 1. The van der Waals surface area contributed by atoms with Crippen molar-refractivity contribution < 1.29 is 28.2 Å². The molecule has 4 nitrogen and oxygen atoms in total. The van der Waals surface area contributed by atoms with E-state index < -0.39 is 17.6 Å². The van der Waals surface area contributed by atoms with Crippen molar-refractivity contribution >= 4 is 5.97 Å². The minimum atomic E-state index is -0.974. The second-order valence-electron chi connectivity index (χ2n) is 5.82. The van der Waals surface area contributed by atoms with Crippen LogP contribution in [0.3, 0.4) is 0 Å². The van der Waals surface area contributed by atoms with Gasteiger partial charge in [-0.25, -0.2) is 8.78 Å². The van der Waals surface area contributed by atoms with Crippen LogP contribution in [0.15, 0.2) is 60.7 Å². The molecule has 138 valence electrons. The van der Waals surface area contributed by atoms with Gasteiger partial charge in [0.2, 0.25) is 0 Å². The zero-order valence-corrected chi connectivity index (χ0v) is 14.4. The first-order valence-corrected chi connectivity index (χ1v) is 8.08. The van der Waals surface area contributed by atoms with E-state index in [4.69, 9.17) is 14.6 Å². The van der Waals surface area contributed by atoms with Crippen LogP contribution in [-0.2, 0) is 11.2 Å². The van der Waals surface area contributed by atoms with E-state index in [9.17, 15) is 13.6 Å². The van der Waals surface area contributed by atoms with Gasteiger partial charge in [0.1, 0.15) is 17.2 Å². The van der Waals surface area contributed by atoms with E-state index in [0.29, 0.717) is 28.4 Å². The summed E-state index contributed by atoms with van der Waals surface area (Å²) < 4.78 is 38.5. The Bertz CT molecular complexity index is 986. The van der Waals surface area contributed by atoms with Crippen molar-refractivity contribution in [1.29, 1.82) is 0 Å². The first-order valence-electron chi connectivity index (χ1n) is 8.08. The van der Waals surface area contributed by atoms with E-state index in [1.165, 1.54) is 19.2 Å². The summed E-state index contributed by atoms with van der Waals surface area (Å²) in [4.78, 5) is 11.0. The predicted molar refractivity (Wildman–Crippen MR) is 96.2 cm³/mol. The SMILES string of the molecule is COc1cc(CC(=O)O)cc(Oc2cccc(-c3cccc(F)c3F)c2)c1. The molecule has 0 atom stereocenters. The number of benzene rings is 3. The molecule has 1 N–H and O–H groups in total. The van der Waals surface area contributed by atoms with Crippen molar-refractivity contribution in [2.45, 2.75) is 6.42 Å². The van der Waals surface area contributed by atoms with Crippen molar-refractivity contribution in [2.24, 2.45) is 0 Å². The number of carboxylic acids is 1. The number of rotatable bonds is 6. The number of aliphatic carboxylic acids is 1. The Balaban J connectivity index is 1.92. The summed E-state index contributed by atoms with van der Waals surface area (Å²) in [5.74, 6) is -1.60. The van der Waals surface area contributed by atoms with Crippen molar-refractivity contribution in [3.63, 3.8) is 0 Å². The molecular formula is C21H16F2O4. The lowest BCUT2D eigenvalue weighted by Crippen LogP contribution is -2.01. The third-order valence-corrected chi connectivity index (χ3v) is 3.86. The molecule has 0 amide bonds. The summed E-state index contributed by atoms with van der Waals surface area (Å²) in [5, 5.41) is 8.97. The topological polar surface area (TPSA) is 55.8 Å². The molecule has 0 radical (unpaired) electrons. The van der Waals surface area contributed by atoms with E-state index in [2.05, 4.69) is 0 Å². The molecule has 0 aliphatic heterocycles. The Kier molecular flexibility index (Phi) is 5.35. The van der Waals surface area contributed by atoms with Crippen LogP contribution < -0.4 is 9.47 Å². The summed E-state index contributed by atoms with van der Waals surface area (Å²) in [6, 6.07) is 15.3. The lowest BCUT2D eigenvalue weighted by Gasteiger charge is -2.11. The van der Waals surface area contributed by atoms with Crippen molar-refractivity contribution in [1.82, 2.24) is 0 Å². The fourth-order valence-corrected chi connectivity index (χ4v) is 2.67. The van der Waals surface area contributed by atoms with E-state index in [0.717, 1.165) is 6.07 Å². The average Bonchev–Trinajstić information content (AvgIpc) is 2.63. The van der Waals surface area contributed by atoms with Crippen molar-refractivity contribution in [3.05, 3.63) is 77.9 Å². The highest BCUT2D eigenvalue weighted by atomic mass is 19.2. The number of hydrogen-bond donors (Lipinski definition) is 1. The van der Waals surface area contributed by atoms with E-state index in [1.807, 2.05) is 0 Å². The maximum atomic E-state index is 14.0. The Morgan fingerprint density at radius 2 is 1.70 bits per heavy atom. The summed E-state index contributed by atoms with van der Waals surface area (Å²) in [5.41, 5.74) is 1.10. The van der Waals surface area contributed by atoms with Crippen LogP contribution in [0.1, 0.15) is 5.56 Å². The van der Waals surface area contributed by atoms with E-state index in [-0.39, 0.29) is 12.0 Å². The maximum Gasteiger partial charge on any atom is 0.307 e. The van der Waals surface area contributed by atoms with Gasteiger partial charge in [-0.05, 0) is 41.5 Å². The monoisotopic (exact) mass is 370 g/mol. The lowest BCUT2D eigenvalue weighted by molar-refractivity contribution is -0.136. The maximum absolute atomic E-state index is 14.0. The van der Waals surface area contributed by atoms with Gasteiger partial charge in [0.05, 0.1) is 13.5 Å². The molecule has 0 aliphatic rings. The van der Waals surface area contributed by atoms with Crippen LogP contribution in [-0.4, -0.2) is 18.2 Å². The van der Waals surface area contributed by atoms with Crippen molar-refractivity contribution in [2.75, 3.05) is 7.11 Å². The number of hydrogen-bond acceptors (Lipinski definition) is 3. The zero-order valence-electron chi connectivity index (χ0n) is 14.4. The molecule has 3 aromatic carbocycles. The number of methoxy groups -OCH3 is 1. The smallest absolute Gasteiger partial charge is 0.307 e. The van der Waals surface area contributed by atoms with Gasteiger partial charge < -0.3 is 14.6 Å². The van der Waals surface area contributed by atoms with Gasteiger partial charge in [0.15, 0.2) is 11.6 Å². The van der Waals surface area contributed by atoms with E-state index in [1.54, 1.807) is 42.5 Å². The fraction of sp³-hybridized carbons (Fsp3) is 0.0952. The van der Waals surface area contributed by atoms with Gasteiger partial charge in [-0.3, -0.25) is 4.79 Å². The van der Waals surface area contributed by atoms with Crippen molar-refractivity contribution in [3.8, 4) is 28.4 Å². The van der Waals surface area contributed by atoms with Crippen LogP contribution >= 0.6 is 0 Å². The molecule has 0 fully saturated rings. The van der Waals surface area contributed by atoms with Gasteiger partial charge >= 0.3 is 5.97 Å². The van der Waals surface area contributed by atoms with Crippen LogP contribution in [0.25, 0.3) is 11.1 Å². The highest BCUT2D eigenvalue weighted by Crippen LogP contribution is 2.31. The number of ether oxygens (including phenoxy) is 2. The predicted octanol–water partition coefficient (Wildman–Crippen LogP) is 5.06. The quantitative estimate of drug-likeness (QED) is 0.659. The minimum absolute atomic E-state index is 0.123. The highest BCUT2D eigenvalue weighted by Gasteiger charge is 2.11. The Morgan fingerprint density at radius 3 is 2.44 bits per heavy atom. The third-order valence-electron chi connectivity index (χ3n) is 3.86. The largest absolute Gasteiger partial charge is 0.497 e. The van der Waals surface area contributed by atoms with Gasteiger partial charge in [-0.2, -0.15) is 0 Å². The summed E-state index contributed by atoms with van der Waals surface area (Å²) >= 11 is 0. The fourth-order valence-electron chi connectivity index (χ4n) is 2.67. The molecule has 0 unspecified atom stereocenters. The average molecular weight is 370 g/mol. The first-order chi connectivity index (χ1) is 13.0. The normalized spacial score (nSPS) is 10.5. The van der Waals surface area contributed by atoms with Gasteiger partial charge in [-0.1, -0.05) is 24.3 Å². The van der Waals surface area contributed by atoms with Crippen LogP contribution in [0.2, 0.25) is 0 Å². The molecule has 6 heteroatoms. The summed E-state index contributed by atoms with van der Waals surface area (Å²) in [7, 11) is 1.47. The van der Waals surface area contributed by atoms with Gasteiger partial charge in [0.25, 0.3) is 0 Å². The molecule has 0 bridgehead atoms. The van der Waals surface area contributed by atoms with Gasteiger partial charge in [0, 0.05) is 11.6 Å². The Labute approximate surface area is 154 Å². The first kappa shape index (κ1) is 18.4.